The number of nitrogens with zero attached hydrogens (tertiary/aromatic N) is 1. The van der Waals surface area contributed by atoms with Crippen LogP contribution >= 0.6 is 0 Å². The Balaban J connectivity index is 2.06. The predicted molar refractivity (Wildman–Crippen MR) is 48.4 cm³/mol. The third kappa shape index (κ3) is 3.22. The largest absolute Gasteiger partial charge is 0.347 e. The molecule has 0 unspecified atom stereocenters. The average molecular weight is 163 g/mol. The number of hydrogen-bond donors (Lipinski definition) is 2. The molecule has 2 N–H and O–H groups in total. The molecule has 0 spiro atoms. The number of aromatic nitrogens is 2. The van der Waals surface area contributed by atoms with Crippen LogP contribution < -0.4 is 5.32 Å². The van der Waals surface area contributed by atoms with Crippen molar-refractivity contribution in [1.82, 2.24) is 15.3 Å². The average Bonchev–Trinajstić information content (AvgIpc) is 2.57. The molecule has 1 rings (SSSR count). The number of hydrogen-bond acceptors (Lipinski definition) is 2. The van der Waals surface area contributed by atoms with Crippen LogP contribution in [0.15, 0.2) is 12.5 Å². The summed E-state index contributed by atoms with van der Waals surface area (Å²) in [6, 6.07) is 0. The van der Waals surface area contributed by atoms with Gasteiger partial charge in [-0.3, -0.25) is 0 Å². The van der Waals surface area contributed by atoms with Gasteiger partial charge in [-0.25, -0.2) is 4.98 Å². The summed E-state index contributed by atoms with van der Waals surface area (Å²) in [7, 11) is 0. The molecule has 0 aliphatic carbocycles. The zero-order valence-corrected chi connectivity index (χ0v) is 7.22. The molecule has 1 aromatic heterocycles. The molecule has 64 valence electrons. The van der Waals surface area contributed by atoms with E-state index in [0.29, 0.717) is 0 Å². The van der Waals surface area contributed by atoms with Crippen molar-refractivity contribution in [2.75, 3.05) is 6.54 Å². The molecule has 1 heterocycles. The summed E-state index contributed by atoms with van der Waals surface area (Å²) in [5.41, 5.74) is 1.11. The number of H-pyrrole nitrogens is 1. The Bertz CT molecular complexity index is 253. The van der Waals surface area contributed by atoms with E-state index in [1.165, 1.54) is 0 Å². The van der Waals surface area contributed by atoms with Crippen LogP contribution in [-0.4, -0.2) is 16.5 Å². The van der Waals surface area contributed by atoms with Crippen molar-refractivity contribution in [1.29, 1.82) is 0 Å². The molecule has 0 amide bonds. The molecule has 0 atom stereocenters. The minimum atomic E-state index is 0.839. The molecule has 0 bridgehead atoms. The molecule has 0 radical (unpaired) electrons. The van der Waals surface area contributed by atoms with E-state index in [1.54, 1.807) is 6.33 Å². The van der Waals surface area contributed by atoms with Gasteiger partial charge >= 0.3 is 0 Å². The summed E-state index contributed by atoms with van der Waals surface area (Å²) >= 11 is 0. The molecule has 12 heavy (non-hydrogen) atoms. The summed E-state index contributed by atoms with van der Waals surface area (Å²) < 4.78 is 0. The van der Waals surface area contributed by atoms with Crippen molar-refractivity contribution in [3.63, 3.8) is 0 Å². The third-order valence-electron chi connectivity index (χ3n) is 1.47. The van der Waals surface area contributed by atoms with E-state index < -0.39 is 0 Å². The summed E-state index contributed by atoms with van der Waals surface area (Å²) in [5.74, 6) is 5.84. The lowest BCUT2D eigenvalue weighted by Crippen LogP contribution is -2.14. The van der Waals surface area contributed by atoms with Crippen LogP contribution in [0.2, 0.25) is 0 Å². The summed E-state index contributed by atoms with van der Waals surface area (Å²) in [6.45, 7) is 3.63. The van der Waals surface area contributed by atoms with Crippen molar-refractivity contribution in [3.8, 4) is 11.8 Å². The number of imidazole rings is 1. The first-order valence-corrected chi connectivity index (χ1v) is 4.01. The zero-order chi connectivity index (χ0) is 8.65. The fraction of sp³-hybridized carbons (Fsp3) is 0.444. The monoisotopic (exact) mass is 163 g/mol. The molecule has 0 aliphatic heterocycles. The predicted octanol–water partition coefficient (Wildman–Crippen LogP) is 0.913. The Kier molecular flexibility index (Phi) is 3.96. The Labute approximate surface area is 72.6 Å². The second-order valence-corrected chi connectivity index (χ2v) is 2.43. The molecular formula is C9H13N3. The van der Waals surface area contributed by atoms with Gasteiger partial charge in [0.05, 0.1) is 6.33 Å². The summed E-state index contributed by atoms with van der Waals surface area (Å²) in [6.07, 6.45) is 4.41. The molecule has 3 nitrogen and oxygen atoms in total. The maximum absolute atomic E-state index is 3.91. The highest BCUT2D eigenvalue weighted by atomic mass is 14.9. The fourth-order valence-electron chi connectivity index (χ4n) is 0.880. The van der Waals surface area contributed by atoms with E-state index in [0.717, 1.165) is 25.2 Å². The van der Waals surface area contributed by atoms with Crippen molar-refractivity contribution < 1.29 is 0 Å². The van der Waals surface area contributed by atoms with Gasteiger partial charge in [-0.1, -0.05) is 0 Å². The Hall–Kier alpha value is -1.27. The first-order chi connectivity index (χ1) is 5.93. The first kappa shape index (κ1) is 8.82. The van der Waals surface area contributed by atoms with Crippen molar-refractivity contribution in [3.05, 3.63) is 18.2 Å². The van der Waals surface area contributed by atoms with Gasteiger partial charge in [0.2, 0.25) is 0 Å². The van der Waals surface area contributed by atoms with E-state index in [1.807, 2.05) is 13.1 Å². The van der Waals surface area contributed by atoms with Gasteiger partial charge in [0.15, 0.2) is 0 Å². The minimum Gasteiger partial charge on any atom is -0.347 e. The van der Waals surface area contributed by atoms with E-state index >= 15 is 0 Å². The zero-order valence-electron chi connectivity index (χ0n) is 7.22. The highest BCUT2D eigenvalue weighted by molar-refractivity contribution is 4.96. The van der Waals surface area contributed by atoms with Crippen LogP contribution in [0.3, 0.4) is 0 Å². The molecule has 3 heteroatoms. The van der Waals surface area contributed by atoms with Crippen LogP contribution in [-0.2, 0) is 6.54 Å². The van der Waals surface area contributed by atoms with Crippen LogP contribution in [0.5, 0.6) is 0 Å². The molecule has 0 saturated heterocycles. The molecule has 0 saturated carbocycles. The van der Waals surface area contributed by atoms with Crippen LogP contribution in [0.4, 0.5) is 0 Å². The van der Waals surface area contributed by atoms with Crippen molar-refractivity contribution >= 4 is 0 Å². The lowest BCUT2D eigenvalue weighted by atomic mass is 10.4. The van der Waals surface area contributed by atoms with Crippen molar-refractivity contribution in [2.45, 2.75) is 19.9 Å². The minimum absolute atomic E-state index is 0.839. The number of rotatable bonds is 4. The smallest absolute Gasteiger partial charge is 0.0922 e. The van der Waals surface area contributed by atoms with Gasteiger partial charge in [0.1, 0.15) is 0 Å². The highest BCUT2D eigenvalue weighted by Crippen LogP contribution is 1.88. The van der Waals surface area contributed by atoms with Gasteiger partial charge in [-0.2, -0.15) is 0 Å². The van der Waals surface area contributed by atoms with Crippen LogP contribution in [0.1, 0.15) is 19.0 Å². The Morgan fingerprint density at radius 2 is 2.58 bits per heavy atom. The Morgan fingerprint density at radius 3 is 3.25 bits per heavy atom. The maximum Gasteiger partial charge on any atom is 0.0922 e. The first-order valence-electron chi connectivity index (χ1n) is 4.01. The Morgan fingerprint density at radius 1 is 1.67 bits per heavy atom. The number of aromatic amines is 1. The quantitative estimate of drug-likeness (QED) is 0.511. The van der Waals surface area contributed by atoms with Gasteiger partial charge in [-0.05, 0) is 6.92 Å². The molecule has 1 aromatic rings. The maximum atomic E-state index is 3.91. The molecule has 0 aliphatic rings. The molecular weight excluding hydrogens is 150 g/mol. The summed E-state index contributed by atoms with van der Waals surface area (Å²) in [5, 5.41) is 3.25. The summed E-state index contributed by atoms with van der Waals surface area (Å²) in [4.78, 5) is 6.93. The van der Waals surface area contributed by atoms with Gasteiger partial charge in [-0.15, -0.1) is 11.8 Å². The van der Waals surface area contributed by atoms with E-state index in [4.69, 9.17) is 0 Å². The second kappa shape index (κ2) is 5.39. The normalized spacial score (nSPS) is 9.08. The standard InChI is InChI=1S/C9H13N3/c1-2-3-4-5-10-6-9-7-11-8-12-9/h7-8,10H,4-6H2,1H3,(H,11,12). The van der Waals surface area contributed by atoms with Gasteiger partial charge < -0.3 is 10.3 Å². The third-order valence-corrected chi connectivity index (χ3v) is 1.47. The lowest BCUT2D eigenvalue weighted by molar-refractivity contribution is 0.690. The van der Waals surface area contributed by atoms with Crippen LogP contribution in [0, 0.1) is 11.8 Å². The van der Waals surface area contributed by atoms with Crippen molar-refractivity contribution in [2.24, 2.45) is 0 Å². The van der Waals surface area contributed by atoms with E-state index in [9.17, 15) is 0 Å². The highest BCUT2D eigenvalue weighted by Gasteiger charge is 1.90. The van der Waals surface area contributed by atoms with E-state index in [2.05, 4.69) is 27.1 Å². The molecule has 0 aromatic carbocycles. The lowest BCUT2D eigenvalue weighted by Gasteiger charge is -1.97. The van der Waals surface area contributed by atoms with Crippen LogP contribution in [0.25, 0.3) is 0 Å². The van der Waals surface area contributed by atoms with Gasteiger partial charge in [0.25, 0.3) is 0 Å². The second-order valence-electron chi connectivity index (χ2n) is 2.43. The van der Waals surface area contributed by atoms with E-state index in [-0.39, 0.29) is 0 Å². The number of nitrogens with one attached hydrogen (secondary N) is 2. The fourth-order valence-corrected chi connectivity index (χ4v) is 0.880. The topological polar surface area (TPSA) is 40.7 Å². The molecule has 0 fully saturated rings. The SMILES string of the molecule is CC#CCCNCc1cnc[nH]1. The van der Waals surface area contributed by atoms with Gasteiger partial charge in [0, 0.05) is 31.4 Å².